The lowest BCUT2D eigenvalue weighted by molar-refractivity contribution is -0.101. The third-order valence-corrected chi connectivity index (χ3v) is 2.89. The second-order valence-electron chi connectivity index (χ2n) is 5.05. The van der Waals surface area contributed by atoms with E-state index in [1.807, 2.05) is 18.7 Å². The normalized spacial score (nSPS) is 22.6. The average molecular weight is 247 g/mol. The quantitative estimate of drug-likeness (QED) is 0.842. The molecule has 2 rings (SSSR count). The molecule has 0 aliphatic carbocycles. The molecule has 1 aromatic heterocycles. The number of aliphatic hydroxyl groups excluding tert-OH is 1. The number of hydrogen-bond donors (Lipinski definition) is 1. The molecule has 1 N–H and O–H groups in total. The lowest BCUT2D eigenvalue weighted by atomic mass is 10.0. The van der Waals surface area contributed by atoms with Gasteiger partial charge in [-0.05, 0) is 26.0 Å². The minimum atomic E-state index is -0.365. The van der Waals surface area contributed by atoms with Crippen molar-refractivity contribution in [1.29, 1.82) is 5.26 Å². The van der Waals surface area contributed by atoms with Crippen molar-refractivity contribution in [2.45, 2.75) is 25.6 Å². The van der Waals surface area contributed by atoms with Crippen molar-refractivity contribution in [2.24, 2.45) is 0 Å². The zero-order valence-electron chi connectivity index (χ0n) is 10.6. The number of hydrogen-bond acceptors (Lipinski definition) is 5. The first kappa shape index (κ1) is 12.8. The maximum absolute atomic E-state index is 9.28. The molecule has 0 amide bonds. The summed E-state index contributed by atoms with van der Waals surface area (Å²) in [5.41, 5.74) is 0.183. The van der Waals surface area contributed by atoms with Crippen LogP contribution in [0.1, 0.15) is 19.4 Å². The Morgan fingerprint density at radius 3 is 3.11 bits per heavy atom. The summed E-state index contributed by atoms with van der Waals surface area (Å²) in [5.74, 6) is 0.662. The summed E-state index contributed by atoms with van der Waals surface area (Å²) >= 11 is 0. The number of nitriles is 1. The highest BCUT2D eigenvalue weighted by Crippen LogP contribution is 2.26. The smallest absolute Gasteiger partial charge is 0.146 e. The van der Waals surface area contributed by atoms with Crippen molar-refractivity contribution >= 4 is 5.82 Å². The van der Waals surface area contributed by atoms with Crippen LogP contribution in [0.2, 0.25) is 0 Å². The van der Waals surface area contributed by atoms with E-state index >= 15 is 0 Å². The highest BCUT2D eigenvalue weighted by Gasteiger charge is 2.34. The first-order chi connectivity index (χ1) is 8.55. The highest BCUT2D eigenvalue weighted by molar-refractivity contribution is 5.54. The Hall–Kier alpha value is -1.64. The number of rotatable bonds is 2. The van der Waals surface area contributed by atoms with Crippen molar-refractivity contribution in [3.63, 3.8) is 0 Å². The number of ether oxygens (including phenoxy) is 1. The third kappa shape index (κ3) is 2.61. The Kier molecular flexibility index (Phi) is 3.50. The van der Waals surface area contributed by atoms with Gasteiger partial charge >= 0.3 is 0 Å². The van der Waals surface area contributed by atoms with Crippen LogP contribution in [0.15, 0.2) is 18.3 Å². The van der Waals surface area contributed by atoms with E-state index in [1.54, 1.807) is 18.3 Å². The minimum Gasteiger partial charge on any atom is -0.394 e. The van der Waals surface area contributed by atoms with Gasteiger partial charge in [0.05, 0.1) is 23.9 Å². The van der Waals surface area contributed by atoms with E-state index in [0.717, 1.165) is 0 Å². The molecule has 0 radical (unpaired) electrons. The molecule has 96 valence electrons. The van der Waals surface area contributed by atoms with Gasteiger partial charge in [-0.2, -0.15) is 5.26 Å². The van der Waals surface area contributed by atoms with Gasteiger partial charge in [-0.15, -0.1) is 0 Å². The predicted molar refractivity (Wildman–Crippen MR) is 67.2 cm³/mol. The standard InChI is InChI=1S/C13H17N3O2/c1-13(2)9-16(7-11(8-17)18-13)12-10(6-14)4-3-5-15-12/h3-5,11,17H,7-9H2,1-2H3. The van der Waals surface area contributed by atoms with Crippen LogP contribution in [-0.4, -0.2) is 41.5 Å². The first-order valence-corrected chi connectivity index (χ1v) is 5.94. The lowest BCUT2D eigenvalue weighted by Crippen LogP contribution is -2.54. The van der Waals surface area contributed by atoms with Gasteiger partial charge in [0.1, 0.15) is 11.9 Å². The van der Waals surface area contributed by atoms with Gasteiger partial charge in [-0.25, -0.2) is 4.98 Å². The topological polar surface area (TPSA) is 69.4 Å². The summed E-state index contributed by atoms with van der Waals surface area (Å²) in [6.45, 7) is 5.10. The molecule has 1 fully saturated rings. The van der Waals surface area contributed by atoms with Gasteiger partial charge in [-0.1, -0.05) is 0 Å². The number of pyridine rings is 1. The Labute approximate surface area is 107 Å². The number of aromatic nitrogens is 1. The van der Waals surface area contributed by atoms with Crippen LogP contribution in [0.5, 0.6) is 0 Å². The molecule has 2 heterocycles. The molecule has 1 unspecified atom stereocenters. The summed E-state index contributed by atoms with van der Waals surface area (Å²) in [6, 6.07) is 5.64. The summed E-state index contributed by atoms with van der Waals surface area (Å²) in [4.78, 5) is 6.28. The SMILES string of the molecule is CC1(C)CN(c2ncccc2C#N)CC(CO)O1. The van der Waals surface area contributed by atoms with Crippen LogP contribution in [-0.2, 0) is 4.74 Å². The van der Waals surface area contributed by atoms with E-state index in [9.17, 15) is 5.11 Å². The van der Waals surface area contributed by atoms with Gasteiger partial charge in [0.15, 0.2) is 0 Å². The molecule has 1 atom stereocenters. The van der Waals surface area contributed by atoms with Crippen molar-refractivity contribution in [2.75, 3.05) is 24.6 Å². The van der Waals surface area contributed by atoms with Gasteiger partial charge in [0, 0.05) is 19.3 Å². The van der Waals surface area contributed by atoms with Gasteiger partial charge in [0.25, 0.3) is 0 Å². The van der Waals surface area contributed by atoms with E-state index in [0.29, 0.717) is 24.5 Å². The minimum absolute atomic E-state index is 0.0331. The van der Waals surface area contributed by atoms with Crippen molar-refractivity contribution in [1.82, 2.24) is 4.98 Å². The van der Waals surface area contributed by atoms with E-state index in [-0.39, 0.29) is 18.3 Å². The Morgan fingerprint density at radius 2 is 2.44 bits per heavy atom. The van der Waals surface area contributed by atoms with E-state index < -0.39 is 0 Å². The predicted octanol–water partition coefficient (Wildman–Crippen LogP) is 0.929. The zero-order chi connectivity index (χ0) is 13.2. The molecule has 0 bridgehead atoms. The summed E-state index contributed by atoms with van der Waals surface area (Å²) in [6.07, 6.45) is 1.43. The summed E-state index contributed by atoms with van der Waals surface area (Å²) < 4.78 is 5.75. The van der Waals surface area contributed by atoms with Crippen LogP contribution in [0.3, 0.4) is 0 Å². The fourth-order valence-corrected chi connectivity index (χ4v) is 2.29. The van der Waals surface area contributed by atoms with Gasteiger partial charge in [-0.3, -0.25) is 0 Å². The number of aliphatic hydroxyl groups is 1. The molecule has 18 heavy (non-hydrogen) atoms. The Morgan fingerprint density at radius 1 is 1.67 bits per heavy atom. The van der Waals surface area contributed by atoms with Crippen molar-refractivity contribution < 1.29 is 9.84 Å². The molecule has 1 saturated heterocycles. The van der Waals surface area contributed by atoms with Crippen LogP contribution in [0.25, 0.3) is 0 Å². The Bertz CT molecular complexity index is 468. The second-order valence-corrected chi connectivity index (χ2v) is 5.05. The second kappa shape index (κ2) is 4.92. The van der Waals surface area contributed by atoms with Crippen molar-refractivity contribution in [3.8, 4) is 6.07 Å². The van der Waals surface area contributed by atoms with Crippen LogP contribution in [0.4, 0.5) is 5.82 Å². The van der Waals surface area contributed by atoms with E-state index in [2.05, 4.69) is 11.1 Å². The molecule has 1 aromatic rings. The largest absolute Gasteiger partial charge is 0.394 e. The maximum atomic E-state index is 9.28. The molecule has 5 heteroatoms. The van der Waals surface area contributed by atoms with E-state index in [4.69, 9.17) is 10.00 Å². The number of nitrogens with zero attached hydrogens (tertiary/aromatic N) is 3. The monoisotopic (exact) mass is 247 g/mol. The molecule has 0 saturated carbocycles. The number of morpholine rings is 1. The average Bonchev–Trinajstić information content (AvgIpc) is 2.36. The van der Waals surface area contributed by atoms with Crippen LogP contribution in [0, 0.1) is 11.3 Å². The third-order valence-electron chi connectivity index (χ3n) is 2.89. The van der Waals surface area contributed by atoms with Crippen molar-refractivity contribution in [3.05, 3.63) is 23.9 Å². The lowest BCUT2D eigenvalue weighted by Gasteiger charge is -2.43. The fourth-order valence-electron chi connectivity index (χ4n) is 2.29. The molecule has 1 aliphatic heterocycles. The summed E-state index contributed by atoms with van der Waals surface area (Å²) in [5, 5.41) is 18.4. The van der Waals surface area contributed by atoms with Gasteiger partial charge in [0.2, 0.25) is 0 Å². The highest BCUT2D eigenvalue weighted by atomic mass is 16.5. The fraction of sp³-hybridized carbons (Fsp3) is 0.538. The van der Waals surface area contributed by atoms with Crippen LogP contribution < -0.4 is 4.90 Å². The molecular formula is C13H17N3O2. The Balaban J connectivity index is 2.30. The van der Waals surface area contributed by atoms with E-state index in [1.165, 1.54) is 0 Å². The van der Waals surface area contributed by atoms with Crippen LogP contribution >= 0.6 is 0 Å². The number of anilines is 1. The molecule has 1 aliphatic rings. The first-order valence-electron chi connectivity index (χ1n) is 5.94. The van der Waals surface area contributed by atoms with Gasteiger partial charge < -0.3 is 14.7 Å². The summed E-state index contributed by atoms with van der Waals surface area (Å²) in [7, 11) is 0. The molecule has 0 spiro atoms. The molecular weight excluding hydrogens is 230 g/mol. The molecule has 5 nitrogen and oxygen atoms in total. The molecule has 0 aromatic carbocycles. The maximum Gasteiger partial charge on any atom is 0.146 e. The zero-order valence-corrected chi connectivity index (χ0v) is 10.6.